The van der Waals surface area contributed by atoms with Crippen molar-refractivity contribution in [3.63, 3.8) is 0 Å². The Labute approximate surface area is 350 Å². The fourth-order valence-electron chi connectivity index (χ4n) is 7.23. The molecule has 0 bridgehead atoms. The van der Waals surface area contributed by atoms with E-state index in [2.05, 4.69) is 43.5 Å². The van der Waals surface area contributed by atoms with Gasteiger partial charge in [0.2, 0.25) is 5.82 Å². The van der Waals surface area contributed by atoms with Crippen LogP contribution in [0, 0.1) is 41.2 Å². The Hall–Kier alpha value is -6.38. The molecule has 9 rings (SSSR count). The molecule has 0 fully saturated rings. The van der Waals surface area contributed by atoms with Crippen LogP contribution in [0.1, 0.15) is 26.3 Å². The van der Waals surface area contributed by atoms with Gasteiger partial charge in [0.25, 0.3) is 0 Å². The molecular formula is C48H31F5N4OPt. The number of hydrogen-bond acceptors (Lipinski definition) is 3. The predicted octanol–water partition coefficient (Wildman–Crippen LogP) is 12.7. The van der Waals surface area contributed by atoms with E-state index in [4.69, 9.17) is 14.8 Å². The Morgan fingerprint density at radius 2 is 1.22 bits per heavy atom. The van der Waals surface area contributed by atoms with Crippen LogP contribution in [0.3, 0.4) is 0 Å². The zero-order valence-electron chi connectivity index (χ0n) is 31.6. The van der Waals surface area contributed by atoms with Crippen molar-refractivity contribution in [3.05, 3.63) is 180 Å². The molecule has 0 N–H and O–H groups in total. The van der Waals surface area contributed by atoms with E-state index < -0.39 is 34.6 Å². The van der Waals surface area contributed by atoms with Gasteiger partial charge in [0.1, 0.15) is 11.5 Å². The molecule has 0 saturated heterocycles. The minimum Gasteiger partial charge on any atom is -0.509 e. The molecule has 0 spiro atoms. The third-order valence-corrected chi connectivity index (χ3v) is 10.0. The molecule has 0 aliphatic carbocycles. The van der Waals surface area contributed by atoms with Crippen LogP contribution in [-0.4, -0.2) is 19.3 Å². The van der Waals surface area contributed by atoms with E-state index in [0.717, 1.165) is 33.2 Å². The summed E-state index contributed by atoms with van der Waals surface area (Å²) < 4.78 is 85.5. The number of halogens is 5. The molecule has 59 heavy (non-hydrogen) atoms. The van der Waals surface area contributed by atoms with Gasteiger partial charge < -0.3 is 9.30 Å². The first kappa shape index (κ1) is 39.4. The number of pyridine rings is 1. The molecule has 0 atom stereocenters. The third-order valence-electron chi connectivity index (χ3n) is 10.0. The van der Waals surface area contributed by atoms with Crippen LogP contribution in [0.25, 0.3) is 67.0 Å². The predicted molar refractivity (Wildman–Crippen MR) is 215 cm³/mol. The van der Waals surface area contributed by atoms with Gasteiger partial charge in [-0.3, -0.25) is 4.68 Å². The van der Waals surface area contributed by atoms with Gasteiger partial charge in [-0.15, -0.1) is 35.7 Å². The quantitative estimate of drug-likeness (QED) is 0.0692. The van der Waals surface area contributed by atoms with Crippen molar-refractivity contribution in [1.82, 2.24) is 19.3 Å². The van der Waals surface area contributed by atoms with E-state index in [0.29, 0.717) is 16.9 Å². The van der Waals surface area contributed by atoms with Crippen molar-refractivity contribution in [2.24, 2.45) is 0 Å². The number of ether oxygens (including phenoxy) is 1. The van der Waals surface area contributed by atoms with Crippen molar-refractivity contribution >= 4 is 21.8 Å². The van der Waals surface area contributed by atoms with Crippen LogP contribution in [0.2, 0.25) is 0 Å². The number of fused-ring (bicyclic) bond motifs is 3. The average Bonchev–Trinajstić information content (AvgIpc) is 3.79. The number of nitrogens with zero attached hydrogens (tertiary/aromatic N) is 4. The maximum atomic E-state index is 15.8. The smallest absolute Gasteiger partial charge is 0.509 e. The zero-order chi connectivity index (χ0) is 40.3. The van der Waals surface area contributed by atoms with E-state index in [1.807, 2.05) is 36.4 Å². The van der Waals surface area contributed by atoms with Crippen molar-refractivity contribution in [3.8, 4) is 56.6 Å². The first-order valence-electron chi connectivity index (χ1n) is 18.4. The zero-order valence-corrected chi connectivity index (χ0v) is 33.9. The molecule has 0 aliphatic rings. The van der Waals surface area contributed by atoms with E-state index in [1.54, 1.807) is 91.1 Å². The van der Waals surface area contributed by atoms with Crippen LogP contribution in [0.15, 0.2) is 134 Å². The standard InChI is InChI=1S/C48H31F5N4O.Pt/c1-48(2,3)30-23-24-54-38(25-30)56-36-20-11-10-19-34(36)35-22-21-33(27-37(35)56)58-32-18-12-17-31(26-32)57-47(29-15-8-5-9-16-29)40(46(55-57)28-13-6-4-7-14-28)39-41(49)43(51)45(53)44(52)42(39)50;/h4-25H,1-3H3;/q-2;+2. The first-order chi connectivity index (χ1) is 28.0. The summed E-state index contributed by atoms with van der Waals surface area (Å²) in [6.45, 7) is 6.44. The van der Waals surface area contributed by atoms with E-state index >= 15 is 8.78 Å². The first-order valence-corrected chi connectivity index (χ1v) is 18.4. The number of hydrogen-bond donors (Lipinski definition) is 0. The largest absolute Gasteiger partial charge is 2.00 e. The van der Waals surface area contributed by atoms with Gasteiger partial charge in [0.15, 0.2) is 23.3 Å². The molecule has 3 heterocycles. The summed E-state index contributed by atoms with van der Waals surface area (Å²) in [5, 5.41) is 6.75. The molecule has 11 heteroatoms. The Morgan fingerprint density at radius 3 is 1.92 bits per heavy atom. The van der Waals surface area contributed by atoms with Crippen LogP contribution in [0.5, 0.6) is 11.5 Å². The second-order valence-electron chi connectivity index (χ2n) is 14.8. The van der Waals surface area contributed by atoms with E-state index in [1.165, 1.54) is 4.68 Å². The normalized spacial score (nSPS) is 11.6. The summed E-state index contributed by atoms with van der Waals surface area (Å²) in [7, 11) is 0. The minimum absolute atomic E-state index is 0. The second-order valence-corrected chi connectivity index (χ2v) is 14.8. The Balaban J connectivity index is 0.00000484. The molecule has 9 aromatic rings. The summed E-state index contributed by atoms with van der Waals surface area (Å²) in [4.78, 5) is 4.74. The summed E-state index contributed by atoms with van der Waals surface area (Å²) in [6.07, 6.45) is 1.80. The SMILES string of the molecule is CC(C)(C)c1ccnc(-n2c3[c-]c(Oc4[c-]c(-n5nc(-c6ccccc6)c(-c6c(F)c(F)c(F)c(F)c6F)c5-c5ccccc5)ccc4)ccc3c3ccccc32)c1.[Pt+2]. The molecule has 294 valence electrons. The monoisotopic (exact) mass is 969 g/mol. The molecule has 0 aliphatic heterocycles. The molecule has 0 saturated carbocycles. The minimum atomic E-state index is -2.25. The molecule has 5 nitrogen and oxygen atoms in total. The summed E-state index contributed by atoms with van der Waals surface area (Å²) in [5.41, 5.74) is 2.40. The van der Waals surface area contributed by atoms with E-state index in [-0.39, 0.29) is 54.9 Å². The van der Waals surface area contributed by atoms with Crippen molar-refractivity contribution in [2.75, 3.05) is 0 Å². The van der Waals surface area contributed by atoms with Gasteiger partial charge in [0.05, 0.1) is 11.3 Å². The maximum Gasteiger partial charge on any atom is 2.00 e. The van der Waals surface area contributed by atoms with Crippen LogP contribution in [-0.2, 0) is 26.5 Å². The number of benzene rings is 6. The average molecular weight is 970 g/mol. The van der Waals surface area contributed by atoms with Gasteiger partial charge in [-0.1, -0.05) is 105 Å². The van der Waals surface area contributed by atoms with Crippen LogP contribution >= 0.6 is 0 Å². The van der Waals surface area contributed by atoms with Crippen molar-refractivity contribution < 1.29 is 47.8 Å². The summed E-state index contributed by atoms with van der Waals surface area (Å²) in [5.74, 6) is -8.99. The Morgan fingerprint density at radius 1 is 0.593 bits per heavy atom. The number of para-hydroxylation sites is 1. The maximum absolute atomic E-state index is 15.8. The number of aromatic nitrogens is 4. The third kappa shape index (κ3) is 6.91. The van der Waals surface area contributed by atoms with Crippen molar-refractivity contribution in [1.29, 1.82) is 0 Å². The molecule has 3 aromatic heterocycles. The molecule has 0 radical (unpaired) electrons. The van der Waals surface area contributed by atoms with Gasteiger partial charge in [-0.05, 0) is 40.3 Å². The fourth-order valence-corrected chi connectivity index (χ4v) is 7.23. The summed E-state index contributed by atoms with van der Waals surface area (Å²) >= 11 is 0. The van der Waals surface area contributed by atoms with E-state index in [9.17, 15) is 13.2 Å². The van der Waals surface area contributed by atoms with Crippen LogP contribution in [0.4, 0.5) is 22.0 Å². The van der Waals surface area contributed by atoms with Gasteiger partial charge in [0, 0.05) is 39.9 Å². The fraction of sp³-hybridized carbons (Fsp3) is 0.0833. The van der Waals surface area contributed by atoms with Crippen LogP contribution < -0.4 is 4.74 Å². The van der Waals surface area contributed by atoms with Gasteiger partial charge in [-0.25, -0.2) is 26.9 Å². The molecule has 0 amide bonds. The number of rotatable bonds is 7. The van der Waals surface area contributed by atoms with Gasteiger partial charge in [-0.2, -0.15) is 17.2 Å². The molecule has 6 aromatic carbocycles. The summed E-state index contributed by atoms with van der Waals surface area (Å²) in [6, 6.07) is 44.4. The Kier molecular flexibility index (Phi) is 10.3. The molecular weight excluding hydrogens is 939 g/mol. The molecule has 0 unspecified atom stereocenters. The topological polar surface area (TPSA) is 44.9 Å². The van der Waals surface area contributed by atoms with Gasteiger partial charge >= 0.3 is 21.1 Å². The van der Waals surface area contributed by atoms with Crippen molar-refractivity contribution in [2.45, 2.75) is 26.2 Å². The Bertz CT molecular complexity index is 3000. The second kappa shape index (κ2) is 15.4.